The van der Waals surface area contributed by atoms with Gasteiger partial charge in [0.25, 0.3) is 5.56 Å². The summed E-state index contributed by atoms with van der Waals surface area (Å²) in [5, 5.41) is 7.86. The predicted octanol–water partition coefficient (Wildman–Crippen LogP) is 0.130. The zero-order valence-corrected chi connectivity index (χ0v) is 10.2. The standard InChI is InChI=1S/C11H17N5O/c1-3-4-12-5-6-16-8-13-10-9(11(16)17)7-14-15(10)2/h7-8,12H,3-6H2,1-2H3. The maximum atomic E-state index is 12.0. The van der Waals surface area contributed by atoms with Gasteiger partial charge in [-0.25, -0.2) is 4.98 Å². The molecular formula is C11H17N5O. The average molecular weight is 235 g/mol. The van der Waals surface area contributed by atoms with Crippen LogP contribution in [-0.2, 0) is 13.6 Å². The summed E-state index contributed by atoms with van der Waals surface area (Å²) in [5.74, 6) is 0. The molecule has 0 aliphatic rings. The van der Waals surface area contributed by atoms with Crippen molar-refractivity contribution < 1.29 is 0 Å². The Hall–Kier alpha value is -1.69. The molecule has 6 heteroatoms. The molecule has 2 rings (SSSR count). The molecule has 2 aromatic rings. The van der Waals surface area contributed by atoms with Crippen molar-refractivity contribution in [2.24, 2.45) is 7.05 Å². The van der Waals surface area contributed by atoms with Gasteiger partial charge in [0.05, 0.1) is 6.20 Å². The van der Waals surface area contributed by atoms with Crippen LogP contribution < -0.4 is 10.9 Å². The van der Waals surface area contributed by atoms with E-state index in [-0.39, 0.29) is 5.56 Å². The molecule has 2 aromatic heterocycles. The van der Waals surface area contributed by atoms with Crippen molar-refractivity contribution in [2.75, 3.05) is 13.1 Å². The van der Waals surface area contributed by atoms with Gasteiger partial charge in [-0.1, -0.05) is 6.92 Å². The second kappa shape index (κ2) is 5.09. The number of nitrogens with one attached hydrogen (secondary N) is 1. The Morgan fingerprint density at radius 3 is 3.00 bits per heavy atom. The molecule has 0 aliphatic carbocycles. The van der Waals surface area contributed by atoms with Crippen LogP contribution in [0.1, 0.15) is 13.3 Å². The zero-order chi connectivity index (χ0) is 12.3. The Kier molecular flexibility index (Phi) is 3.53. The van der Waals surface area contributed by atoms with E-state index in [9.17, 15) is 4.79 Å². The molecular weight excluding hydrogens is 218 g/mol. The van der Waals surface area contributed by atoms with Crippen LogP contribution in [-0.4, -0.2) is 32.4 Å². The lowest BCUT2D eigenvalue weighted by atomic mass is 10.4. The summed E-state index contributed by atoms with van der Waals surface area (Å²) in [6.45, 7) is 4.50. The highest BCUT2D eigenvalue weighted by Gasteiger charge is 2.07. The van der Waals surface area contributed by atoms with E-state index in [2.05, 4.69) is 22.3 Å². The minimum atomic E-state index is -0.0265. The van der Waals surface area contributed by atoms with Gasteiger partial charge in [-0.05, 0) is 13.0 Å². The summed E-state index contributed by atoms with van der Waals surface area (Å²) < 4.78 is 3.23. The number of aryl methyl sites for hydroxylation is 1. The van der Waals surface area contributed by atoms with E-state index in [0.717, 1.165) is 19.5 Å². The number of aromatic nitrogens is 4. The minimum Gasteiger partial charge on any atom is -0.315 e. The second-order valence-corrected chi connectivity index (χ2v) is 4.00. The summed E-state index contributed by atoms with van der Waals surface area (Å²) in [4.78, 5) is 16.3. The maximum Gasteiger partial charge on any atom is 0.264 e. The molecule has 0 bridgehead atoms. The van der Waals surface area contributed by atoms with Crippen LogP contribution in [0.3, 0.4) is 0 Å². The van der Waals surface area contributed by atoms with Crippen molar-refractivity contribution in [2.45, 2.75) is 19.9 Å². The fourth-order valence-electron chi connectivity index (χ4n) is 1.73. The average Bonchev–Trinajstić information content (AvgIpc) is 2.70. The van der Waals surface area contributed by atoms with Crippen LogP contribution in [0, 0.1) is 0 Å². The SMILES string of the molecule is CCCNCCn1cnc2c(cnn2C)c1=O. The Balaban J connectivity index is 2.18. The van der Waals surface area contributed by atoms with E-state index in [1.54, 1.807) is 28.8 Å². The third-order valence-electron chi connectivity index (χ3n) is 2.67. The largest absolute Gasteiger partial charge is 0.315 e. The number of hydrogen-bond acceptors (Lipinski definition) is 4. The van der Waals surface area contributed by atoms with Gasteiger partial charge in [-0.15, -0.1) is 0 Å². The molecule has 0 spiro atoms. The van der Waals surface area contributed by atoms with Crippen LogP contribution in [0.15, 0.2) is 17.3 Å². The first-order valence-corrected chi connectivity index (χ1v) is 5.82. The molecule has 6 nitrogen and oxygen atoms in total. The summed E-state index contributed by atoms with van der Waals surface area (Å²) in [6, 6.07) is 0. The normalized spacial score (nSPS) is 11.2. The molecule has 2 heterocycles. The van der Waals surface area contributed by atoms with Crippen molar-refractivity contribution in [3.63, 3.8) is 0 Å². The first kappa shape index (κ1) is 11.8. The predicted molar refractivity (Wildman–Crippen MR) is 65.9 cm³/mol. The van der Waals surface area contributed by atoms with E-state index in [4.69, 9.17) is 0 Å². The van der Waals surface area contributed by atoms with Crippen LogP contribution in [0.4, 0.5) is 0 Å². The molecule has 92 valence electrons. The molecule has 0 atom stereocenters. The molecule has 0 aromatic carbocycles. The van der Waals surface area contributed by atoms with E-state index in [0.29, 0.717) is 17.6 Å². The number of rotatable bonds is 5. The van der Waals surface area contributed by atoms with Gasteiger partial charge in [-0.2, -0.15) is 5.10 Å². The van der Waals surface area contributed by atoms with Gasteiger partial charge < -0.3 is 5.32 Å². The fourth-order valence-corrected chi connectivity index (χ4v) is 1.73. The van der Waals surface area contributed by atoms with Gasteiger partial charge in [0.15, 0.2) is 5.65 Å². The lowest BCUT2D eigenvalue weighted by Gasteiger charge is -2.06. The number of hydrogen-bond donors (Lipinski definition) is 1. The molecule has 0 radical (unpaired) electrons. The monoisotopic (exact) mass is 235 g/mol. The molecule has 0 aliphatic heterocycles. The zero-order valence-electron chi connectivity index (χ0n) is 10.2. The van der Waals surface area contributed by atoms with Gasteiger partial charge in [0.2, 0.25) is 0 Å². The Morgan fingerprint density at radius 1 is 1.41 bits per heavy atom. The number of nitrogens with zero attached hydrogens (tertiary/aromatic N) is 4. The fraction of sp³-hybridized carbons (Fsp3) is 0.545. The molecule has 0 fully saturated rings. The van der Waals surface area contributed by atoms with Crippen LogP contribution in [0.5, 0.6) is 0 Å². The smallest absolute Gasteiger partial charge is 0.264 e. The Bertz CT molecular complexity index is 556. The first-order valence-electron chi connectivity index (χ1n) is 5.82. The van der Waals surface area contributed by atoms with E-state index in [1.165, 1.54) is 0 Å². The Labute approximate surface area is 99.3 Å². The van der Waals surface area contributed by atoms with Crippen LogP contribution in [0.2, 0.25) is 0 Å². The van der Waals surface area contributed by atoms with Gasteiger partial charge in [0, 0.05) is 20.1 Å². The summed E-state index contributed by atoms with van der Waals surface area (Å²) in [6.07, 6.45) is 4.25. The first-order chi connectivity index (χ1) is 8.24. The number of fused-ring (bicyclic) bond motifs is 1. The van der Waals surface area contributed by atoms with Gasteiger partial charge in [-0.3, -0.25) is 14.0 Å². The van der Waals surface area contributed by atoms with Crippen molar-refractivity contribution in [3.05, 3.63) is 22.9 Å². The third-order valence-corrected chi connectivity index (χ3v) is 2.67. The van der Waals surface area contributed by atoms with Crippen molar-refractivity contribution >= 4 is 11.0 Å². The summed E-state index contributed by atoms with van der Waals surface area (Å²) in [5.41, 5.74) is 0.606. The van der Waals surface area contributed by atoms with Crippen molar-refractivity contribution in [3.8, 4) is 0 Å². The Morgan fingerprint density at radius 2 is 2.24 bits per heavy atom. The highest BCUT2D eigenvalue weighted by molar-refractivity contribution is 5.72. The molecule has 0 saturated heterocycles. The third kappa shape index (κ3) is 2.36. The highest BCUT2D eigenvalue weighted by atomic mass is 16.1. The lowest BCUT2D eigenvalue weighted by Crippen LogP contribution is -2.27. The molecule has 0 unspecified atom stereocenters. The summed E-state index contributed by atoms with van der Waals surface area (Å²) >= 11 is 0. The van der Waals surface area contributed by atoms with Crippen molar-refractivity contribution in [1.29, 1.82) is 0 Å². The van der Waals surface area contributed by atoms with E-state index >= 15 is 0 Å². The van der Waals surface area contributed by atoms with E-state index < -0.39 is 0 Å². The maximum absolute atomic E-state index is 12.0. The van der Waals surface area contributed by atoms with Crippen LogP contribution >= 0.6 is 0 Å². The van der Waals surface area contributed by atoms with Gasteiger partial charge in [0.1, 0.15) is 11.7 Å². The molecule has 0 saturated carbocycles. The minimum absolute atomic E-state index is 0.0265. The quantitative estimate of drug-likeness (QED) is 0.748. The molecule has 1 N–H and O–H groups in total. The second-order valence-electron chi connectivity index (χ2n) is 4.00. The summed E-state index contributed by atoms with van der Waals surface area (Å²) in [7, 11) is 1.78. The molecule has 17 heavy (non-hydrogen) atoms. The topological polar surface area (TPSA) is 64.7 Å². The van der Waals surface area contributed by atoms with E-state index in [1.807, 2.05) is 0 Å². The van der Waals surface area contributed by atoms with Crippen LogP contribution in [0.25, 0.3) is 11.0 Å². The molecule has 0 amide bonds. The van der Waals surface area contributed by atoms with Crippen molar-refractivity contribution in [1.82, 2.24) is 24.6 Å². The highest BCUT2D eigenvalue weighted by Crippen LogP contribution is 2.02. The lowest BCUT2D eigenvalue weighted by molar-refractivity contribution is 0.578. The van der Waals surface area contributed by atoms with Gasteiger partial charge >= 0.3 is 0 Å².